The number of carbonyl (C=O) groups excluding carboxylic acids is 1. The number of nitrogens with one attached hydrogen (secondary N) is 1. The minimum atomic E-state index is -0.212. The van der Waals surface area contributed by atoms with E-state index in [4.69, 9.17) is 22.7 Å². The van der Waals surface area contributed by atoms with Gasteiger partial charge in [-0.2, -0.15) is 5.10 Å². The Morgan fingerprint density at radius 2 is 2.05 bits per heavy atom. The number of amides is 1. The van der Waals surface area contributed by atoms with Crippen molar-refractivity contribution in [2.45, 2.75) is 6.54 Å². The van der Waals surface area contributed by atoms with Gasteiger partial charge in [-0.25, -0.2) is 0 Å². The summed E-state index contributed by atoms with van der Waals surface area (Å²) in [5.41, 5.74) is 7.41. The summed E-state index contributed by atoms with van der Waals surface area (Å²) in [7, 11) is 1.63. The van der Waals surface area contributed by atoms with Crippen LogP contribution in [0.15, 0.2) is 36.7 Å². The van der Waals surface area contributed by atoms with Crippen molar-refractivity contribution in [1.82, 2.24) is 9.78 Å². The molecule has 2 aromatic rings. The van der Waals surface area contributed by atoms with Crippen LogP contribution in [0.2, 0.25) is 0 Å². The van der Waals surface area contributed by atoms with Crippen LogP contribution in [0.25, 0.3) is 0 Å². The van der Waals surface area contributed by atoms with Gasteiger partial charge >= 0.3 is 0 Å². The number of ether oxygens (including phenoxy) is 1. The van der Waals surface area contributed by atoms with Crippen LogP contribution in [0.1, 0.15) is 15.9 Å². The quantitative estimate of drug-likeness (QED) is 0.789. The molecule has 110 valence electrons. The van der Waals surface area contributed by atoms with Crippen molar-refractivity contribution >= 4 is 28.8 Å². The Morgan fingerprint density at radius 1 is 1.38 bits per heavy atom. The first kappa shape index (κ1) is 15.1. The van der Waals surface area contributed by atoms with Gasteiger partial charge in [0.1, 0.15) is 4.99 Å². The SMILES string of the molecule is COCCn1cc(NC(=O)c2ccc(C(N)=S)cc2)cn1. The van der Waals surface area contributed by atoms with E-state index in [1.807, 2.05) is 0 Å². The number of rotatable bonds is 6. The van der Waals surface area contributed by atoms with E-state index >= 15 is 0 Å². The van der Waals surface area contributed by atoms with Crippen molar-refractivity contribution in [3.05, 3.63) is 47.8 Å². The van der Waals surface area contributed by atoms with E-state index in [0.717, 1.165) is 5.56 Å². The smallest absolute Gasteiger partial charge is 0.255 e. The first-order valence-corrected chi connectivity index (χ1v) is 6.73. The van der Waals surface area contributed by atoms with Crippen LogP contribution in [0.5, 0.6) is 0 Å². The number of methoxy groups -OCH3 is 1. The van der Waals surface area contributed by atoms with Gasteiger partial charge in [-0.3, -0.25) is 9.48 Å². The van der Waals surface area contributed by atoms with Gasteiger partial charge in [0.05, 0.1) is 25.0 Å². The van der Waals surface area contributed by atoms with Crippen molar-refractivity contribution in [1.29, 1.82) is 0 Å². The third kappa shape index (κ3) is 4.11. The molecule has 6 nitrogen and oxygen atoms in total. The topological polar surface area (TPSA) is 82.2 Å². The first-order valence-electron chi connectivity index (χ1n) is 6.33. The lowest BCUT2D eigenvalue weighted by atomic mass is 10.1. The summed E-state index contributed by atoms with van der Waals surface area (Å²) < 4.78 is 6.67. The molecule has 0 atom stereocenters. The molecule has 0 bridgehead atoms. The molecular formula is C14H16N4O2S. The molecule has 0 fully saturated rings. The summed E-state index contributed by atoms with van der Waals surface area (Å²) in [4.78, 5) is 12.4. The normalized spacial score (nSPS) is 10.3. The highest BCUT2D eigenvalue weighted by Gasteiger charge is 2.08. The van der Waals surface area contributed by atoms with Crippen molar-refractivity contribution in [3.8, 4) is 0 Å². The maximum Gasteiger partial charge on any atom is 0.255 e. The van der Waals surface area contributed by atoms with E-state index in [0.29, 0.717) is 29.4 Å². The predicted octanol–water partition coefficient (Wildman–Crippen LogP) is 1.42. The molecule has 1 aromatic heterocycles. The van der Waals surface area contributed by atoms with Crippen molar-refractivity contribution in [2.75, 3.05) is 19.0 Å². The second-order valence-corrected chi connectivity index (χ2v) is 4.82. The van der Waals surface area contributed by atoms with Crippen LogP contribution in [0.3, 0.4) is 0 Å². The number of aromatic nitrogens is 2. The predicted molar refractivity (Wildman–Crippen MR) is 84.4 cm³/mol. The second kappa shape index (κ2) is 6.96. The lowest BCUT2D eigenvalue weighted by Gasteiger charge is -2.04. The molecule has 0 aliphatic carbocycles. The van der Waals surface area contributed by atoms with E-state index in [1.54, 1.807) is 48.5 Å². The molecule has 2 rings (SSSR count). The minimum absolute atomic E-state index is 0.212. The zero-order valence-corrected chi connectivity index (χ0v) is 12.4. The van der Waals surface area contributed by atoms with Gasteiger partial charge in [-0.1, -0.05) is 24.4 Å². The largest absolute Gasteiger partial charge is 0.389 e. The Hall–Kier alpha value is -2.25. The minimum Gasteiger partial charge on any atom is -0.389 e. The van der Waals surface area contributed by atoms with Gasteiger partial charge in [0, 0.05) is 24.4 Å². The van der Waals surface area contributed by atoms with E-state index in [1.165, 1.54) is 0 Å². The summed E-state index contributed by atoms with van der Waals surface area (Å²) in [5.74, 6) is -0.212. The molecule has 0 saturated heterocycles. The van der Waals surface area contributed by atoms with E-state index in [2.05, 4.69) is 10.4 Å². The van der Waals surface area contributed by atoms with E-state index in [9.17, 15) is 4.79 Å². The molecule has 1 heterocycles. The number of hydrogen-bond acceptors (Lipinski definition) is 4. The van der Waals surface area contributed by atoms with Crippen molar-refractivity contribution < 1.29 is 9.53 Å². The first-order chi connectivity index (χ1) is 10.1. The zero-order valence-electron chi connectivity index (χ0n) is 11.6. The Morgan fingerprint density at radius 3 is 2.67 bits per heavy atom. The molecule has 21 heavy (non-hydrogen) atoms. The van der Waals surface area contributed by atoms with E-state index < -0.39 is 0 Å². The lowest BCUT2D eigenvalue weighted by Crippen LogP contribution is -2.13. The summed E-state index contributed by atoms with van der Waals surface area (Å²) in [5, 5.41) is 6.90. The third-order valence-electron chi connectivity index (χ3n) is 2.85. The van der Waals surface area contributed by atoms with Crippen LogP contribution >= 0.6 is 12.2 Å². The molecule has 0 saturated carbocycles. The van der Waals surface area contributed by atoms with Gasteiger partial charge < -0.3 is 15.8 Å². The molecule has 0 radical (unpaired) electrons. The Balaban J connectivity index is 2.00. The highest BCUT2D eigenvalue weighted by atomic mass is 32.1. The number of nitrogens with two attached hydrogens (primary N) is 1. The van der Waals surface area contributed by atoms with Crippen LogP contribution < -0.4 is 11.1 Å². The summed E-state index contributed by atoms with van der Waals surface area (Å²) in [6.07, 6.45) is 3.34. The highest BCUT2D eigenvalue weighted by molar-refractivity contribution is 7.80. The van der Waals surface area contributed by atoms with Gasteiger partial charge in [-0.05, 0) is 12.1 Å². The fourth-order valence-corrected chi connectivity index (χ4v) is 1.86. The summed E-state index contributed by atoms with van der Waals surface area (Å²) in [6.45, 7) is 1.20. The molecular weight excluding hydrogens is 288 g/mol. The molecule has 0 unspecified atom stereocenters. The molecule has 0 spiro atoms. The van der Waals surface area contributed by atoms with Gasteiger partial charge in [0.15, 0.2) is 0 Å². The second-order valence-electron chi connectivity index (χ2n) is 4.38. The lowest BCUT2D eigenvalue weighted by molar-refractivity contribution is 0.102. The Kier molecular flexibility index (Phi) is 5.02. The highest BCUT2D eigenvalue weighted by Crippen LogP contribution is 2.10. The number of benzene rings is 1. The fraction of sp³-hybridized carbons (Fsp3) is 0.214. The van der Waals surface area contributed by atoms with Crippen LogP contribution in [-0.2, 0) is 11.3 Å². The molecule has 1 aromatic carbocycles. The van der Waals surface area contributed by atoms with Crippen molar-refractivity contribution in [2.24, 2.45) is 5.73 Å². The molecule has 0 aliphatic heterocycles. The Labute approximate surface area is 127 Å². The number of carbonyl (C=O) groups is 1. The number of anilines is 1. The molecule has 3 N–H and O–H groups in total. The fourth-order valence-electron chi connectivity index (χ4n) is 1.72. The van der Waals surface area contributed by atoms with Crippen LogP contribution in [-0.4, -0.2) is 34.4 Å². The number of thiocarbonyl (C=S) groups is 1. The van der Waals surface area contributed by atoms with Crippen LogP contribution in [0.4, 0.5) is 5.69 Å². The van der Waals surface area contributed by atoms with Gasteiger partial charge in [0.25, 0.3) is 5.91 Å². The zero-order chi connectivity index (χ0) is 15.2. The third-order valence-corrected chi connectivity index (χ3v) is 3.08. The molecule has 0 aliphatic rings. The van der Waals surface area contributed by atoms with E-state index in [-0.39, 0.29) is 5.91 Å². The number of nitrogens with zero attached hydrogens (tertiary/aromatic N) is 2. The maximum absolute atomic E-state index is 12.1. The standard InChI is InChI=1S/C14H16N4O2S/c1-20-7-6-18-9-12(8-16-18)17-14(19)11-4-2-10(3-5-11)13(15)21/h2-5,8-9H,6-7H2,1H3,(H2,15,21)(H,17,19). The monoisotopic (exact) mass is 304 g/mol. The molecule has 1 amide bonds. The molecule has 7 heteroatoms. The maximum atomic E-state index is 12.1. The Bertz CT molecular complexity index is 637. The van der Waals surface area contributed by atoms with Crippen molar-refractivity contribution in [3.63, 3.8) is 0 Å². The summed E-state index contributed by atoms with van der Waals surface area (Å²) in [6, 6.07) is 6.80. The summed E-state index contributed by atoms with van der Waals surface area (Å²) >= 11 is 4.87. The number of hydrogen-bond donors (Lipinski definition) is 2. The van der Waals surface area contributed by atoms with Gasteiger partial charge in [0.2, 0.25) is 0 Å². The van der Waals surface area contributed by atoms with Crippen LogP contribution in [0, 0.1) is 0 Å². The average Bonchev–Trinajstić information content (AvgIpc) is 2.92. The average molecular weight is 304 g/mol. The van der Waals surface area contributed by atoms with Gasteiger partial charge in [-0.15, -0.1) is 0 Å².